The molecule has 21 heavy (non-hydrogen) atoms. The van der Waals surface area contributed by atoms with E-state index in [0.717, 1.165) is 29.7 Å². The Kier molecular flexibility index (Phi) is 6.36. The summed E-state index contributed by atoms with van der Waals surface area (Å²) in [5, 5.41) is 7.56. The van der Waals surface area contributed by atoms with Gasteiger partial charge in [-0.25, -0.2) is 4.39 Å². The number of thioether (sulfide) groups is 1. The summed E-state index contributed by atoms with van der Waals surface area (Å²) in [7, 11) is 1.79. The van der Waals surface area contributed by atoms with Gasteiger partial charge in [0.2, 0.25) is 0 Å². The highest BCUT2D eigenvalue weighted by molar-refractivity contribution is 7.99. The lowest BCUT2D eigenvalue weighted by molar-refractivity contribution is 0.613. The summed E-state index contributed by atoms with van der Waals surface area (Å²) in [6.45, 7) is 0.752. The van der Waals surface area contributed by atoms with Gasteiger partial charge in [-0.15, -0.1) is 0 Å². The lowest BCUT2D eigenvalue weighted by atomic mass is 10.1. The third-order valence-corrected chi connectivity index (χ3v) is 4.97. The van der Waals surface area contributed by atoms with Crippen LogP contribution in [0.2, 0.25) is 0 Å². The van der Waals surface area contributed by atoms with Gasteiger partial charge in [-0.05, 0) is 49.6 Å². The summed E-state index contributed by atoms with van der Waals surface area (Å²) < 4.78 is 13.1. The lowest BCUT2D eigenvalue weighted by Crippen LogP contribution is -2.43. The molecule has 1 fully saturated rings. The third-order valence-electron chi connectivity index (χ3n) is 3.88. The highest BCUT2D eigenvalue weighted by Gasteiger charge is 2.24. The maximum atomic E-state index is 13.1. The fourth-order valence-electron chi connectivity index (χ4n) is 2.69. The molecule has 0 saturated heterocycles. The monoisotopic (exact) mass is 309 g/mol. The molecule has 1 aromatic carbocycles. The van der Waals surface area contributed by atoms with Gasteiger partial charge in [0, 0.05) is 24.9 Å². The smallest absolute Gasteiger partial charge is 0.191 e. The zero-order valence-electron chi connectivity index (χ0n) is 12.7. The second-order valence-corrected chi connectivity index (χ2v) is 6.53. The summed E-state index contributed by atoms with van der Waals surface area (Å²) in [6, 6.07) is 7.26. The number of nitrogens with one attached hydrogen (secondary N) is 2. The number of guanidine groups is 1. The summed E-state index contributed by atoms with van der Waals surface area (Å²) in [5.74, 6) is 0.669. The van der Waals surface area contributed by atoms with Crippen LogP contribution in [-0.2, 0) is 6.42 Å². The van der Waals surface area contributed by atoms with E-state index in [0.29, 0.717) is 6.04 Å². The summed E-state index contributed by atoms with van der Waals surface area (Å²) >= 11 is 1.95. The minimum absolute atomic E-state index is 0.177. The normalized spacial score (nSPS) is 22.3. The average Bonchev–Trinajstić information content (AvgIpc) is 2.94. The Labute approximate surface area is 130 Å². The van der Waals surface area contributed by atoms with Gasteiger partial charge in [-0.3, -0.25) is 4.99 Å². The first-order valence-corrected chi connectivity index (χ1v) is 8.74. The maximum absolute atomic E-state index is 13.1. The van der Waals surface area contributed by atoms with Crippen LogP contribution in [0.1, 0.15) is 24.8 Å². The van der Waals surface area contributed by atoms with Gasteiger partial charge in [0.25, 0.3) is 0 Å². The first-order valence-electron chi connectivity index (χ1n) is 7.45. The maximum Gasteiger partial charge on any atom is 0.191 e. The number of hydrogen-bond donors (Lipinski definition) is 2. The van der Waals surface area contributed by atoms with Crippen LogP contribution in [0.5, 0.6) is 0 Å². The van der Waals surface area contributed by atoms with Crippen LogP contribution in [0.4, 0.5) is 4.39 Å². The van der Waals surface area contributed by atoms with Crippen molar-refractivity contribution in [3.8, 4) is 0 Å². The quantitative estimate of drug-likeness (QED) is 0.649. The zero-order chi connectivity index (χ0) is 15.1. The molecular weight excluding hydrogens is 285 g/mol. The van der Waals surface area contributed by atoms with Crippen molar-refractivity contribution in [1.29, 1.82) is 0 Å². The molecule has 0 spiro atoms. The van der Waals surface area contributed by atoms with Crippen LogP contribution in [0.3, 0.4) is 0 Å². The summed E-state index contributed by atoms with van der Waals surface area (Å²) in [4.78, 5) is 4.26. The Hall–Kier alpha value is -1.23. The molecule has 1 saturated carbocycles. The number of rotatable bonds is 5. The molecule has 3 nitrogen and oxygen atoms in total. The topological polar surface area (TPSA) is 36.4 Å². The highest BCUT2D eigenvalue weighted by atomic mass is 32.2. The Balaban J connectivity index is 1.73. The number of benzene rings is 1. The van der Waals surface area contributed by atoms with E-state index in [1.54, 1.807) is 19.2 Å². The van der Waals surface area contributed by atoms with E-state index < -0.39 is 0 Å². The number of hydrogen-bond acceptors (Lipinski definition) is 2. The van der Waals surface area contributed by atoms with Crippen molar-refractivity contribution in [3.63, 3.8) is 0 Å². The zero-order valence-corrected chi connectivity index (χ0v) is 13.5. The van der Waals surface area contributed by atoms with Crippen LogP contribution < -0.4 is 10.6 Å². The molecule has 2 atom stereocenters. The first-order chi connectivity index (χ1) is 10.2. The second kappa shape index (κ2) is 8.27. The Bertz CT molecular complexity index is 478. The predicted octanol–water partition coefficient (Wildman–Crippen LogP) is 2.82. The van der Waals surface area contributed by atoms with Crippen LogP contribution >= 0.6 is 11.8 Å². The van der Waals surface area contributed by atoms with Crippen molar-refractivity contribution in [1.82, 2.24) is 10.6 Å². The molecule has 116 valence electrons. The van der Waals surface area contributed by atoms with Gasteiger partial charge in [0.15, 0.2) is 5.96 Å². The van der Waals surface area contributed by atoms with E-state index >= 15 is 0 Å². The van der Waals surface area contributed by atoms with Crippen molar-refractivity contribution in [2.45, 2.75) is 37.0 Å². The van der Waals surface area contributed by atoms with Crippen LogP contribution in [0.15, 0.2) is 29.3 Å². The largest absolute Gasteiger partial charge is 0.356 e. The molecule has 2 rings (SSSR count). The third kappa shape index (κ3) is 5.23. The Morgan fingerprint density at radius 1 is 1.43 bits per heavy atom. The number of nitrogens with zero attached hydrogens (tertiary/aromatic N) is 1. The summed E-state index contributed by atoms with van der Waals surface area (Å²) in [6.07, 6.45) is 6.65. The molecular formula is C16H24FN3S. The fourth-order valence-corrected chi connectivity index (χ4v) is 3.49. The van der Waals surface area contributed by atoms with E-state index in [1.807, 2.05) is 17.8 Å². The van der Waals surface area contributed by atoms with Crippen LogP contribution in [-0.4, -0.2) is 37.1 Å². The molecule has 0 amide bonds. The molecule has 5 heteroatoms. The van der Waals surface area contributed by atoms with Gasteiger partial charge in [-0.1, -0.05) is 12.1 Å². The van der Waals surface area contributed by atoms with Crippen LogP contribution in [0, 0.1) is 5.82 Å². The van der Waals surface area contributed by atoms with Gasteiger partial charge in [-0.2, -0.15) is 11.8 Å². The minimum Gasteiger partial charge on any atom is -0.356 e. The van der Waals surface area contributed by atoms with E-state index in [2.05, 4.69) is 21.9 Å². The van der Waals surface area contributed by atoms with E-state index in [9.17, 15) is 4.39 Å². The van der Waals surface area contributed by atoms with Gasteiger partial charge in [0.1, 0.15) is 5.82 Å². The molecule has 0 heterocycles. The molecule has 1 aliphatic carbocycles. The van der Waals surface area contributed by atoms with Crippen molar-refractivity contribution in [2.24, 2.45) is 4.99 Å². The van der Waals surface area contributed by atoms with Crippen molar-refractivity contribution in [3.05, 3.63) is 35.6 Å². The van der Waals surface area contributed by atoms with E-state index in [4.69, 9.17) is 0 Å². The lowest BCUT2D eigenvalue weighted by Gasteiger charge is -2.17. The van der Waals surface area contributed by atoms with Crippen molar-refractivity contribution < 1.29 is 4.39 Å². The van der Waals surface area contributed by atoms with Gasteiger partial charge in [0.05, 0.1) is 0 Å². The fraction of sp³-hybridized carbons (Fsp3) is 0.562. The highest BCUT2D eigenvalue weighted by Crippen LogP contribution is 2.27. The predicted molar refractivity (Wildman–Crippen MR) is 89.5 cm³/mol. The van der Waals surface area contributed by atoms with E-state index in [1.165, 1.54) is 25.3 Å². The van der Waals surface area contributed by atoms with Crippen LogP contribution in [0.25, 0.3) is 0 Å². The molecule has 0 aliphatic heterocycles. The Morgan fingerprint density at radius 2 is 2.29 bits per heavy atom. The Morgan fingerprint density at radius 3 is 2.95 bits per heavy atom. The van der Waals surface area contributed by atoms with Crippen molar-refractivity contribution >= 4 is 17.7 Å². The van der Waals surface area contributed by atoms with Gasteiger partial charge < -0.3 is 10.6 Å². The van der Waals surface area contributed by atoms with Crippen molar-refractivity contribution in [2.75, 3.05) is 19.8 Å². The second-order valence-electron chi connectivity index (χ2n) is 5.39. The number of halogens is 1. The van der Waals surface area contributed by atoms with E-state index in [-0.39, 0.29) is 5.82 Å². The molecule has 0 radical (unpaired) electrons. The first kappa shape index (κ1) is 16.1. The molecule has 0 aromatic heterocycles. The SMILES string of the molecule is CN=C(NCCc1cccc(F)c1)NC1CCC(SC)C1. The molecule has 2 unspecified atom stereocenters. The minimum atomic E-state index is -0.177. The molecule has 1 aliphatic rings. The molecule has 1 aromatic rings. The van der Waals surface area contributed by atoms with Gasteiger partial charge >= 0.3 is 0 Å². The molecule has 2 N–H and O–H groups in total. The average molecular weight is 309 g/mol. The summed E-state index contributed by atoms with van der Waals surface area (Å²) in [5.41, 5.74) is 1.00. The molecule has 0 bridgehead atoms. The number of aliphatic imine (C=N–C) groups is 1. The standard InChI is InChI=1S/C16H24FN3S/c1-18-16(20-14-6-7-15(11-14)21-2)19-9-8-12-4-3-5-13(17)10-12/h3-5,10,14-15H,6-9,11H2,1-2H3,(H2,18,19,20).